The third-order valence-corrected chi connectivity index (χ3v) is 6.12. The zero-order chi connectivity index (χ0) is 19.2. The fraction of sp³-hybridized carbons (Fsp3) is 0.611. The van der Waals surface area contributed by atoms with Crippen LogP contribution in [0.4, 0.5) is 0 Å². The molecular formula is C18H27NO6S. The van der Waals surface area contributed by atoms with E-state index in [0.717, 1.165) is 0 Å². The van der Waals surface area contributed by atoms with Crippen LogP contribution in [-0.2, 0) is 19.6 Å². The predicted octanol–water partition coefficient (Wildman–Crippen LogP) is 2.45. The number of hydrogen-bond acceptors (Lipinski definition) is 6. The number of esters is 1. The Balaban J connectivity index is 2.15. The second kappa shape index (κ2) is 9.23. The van der Waals surface area contributed by atoms with Crippen LogP contribution in [0.25, 0.3) is 0 Å². The highest BCUT2D eigenvalue weighted by Gasteiger charge is 2.33. The Hall–Kier alpha value is -1.80. The van der Waals surface area contributed by atoms with E-state index in [1.807, 2.05) is 13.8 Å². The van der Waals surface area contributed by atoms with Crippen molar-refractivity contribution in [3.8, 4) is 11.5 Å². The van der Waals surface area contributed by atoms with Gasteiger partial charge in [-0.25, -0.2) is 8.42 Å². The van der Waals surface area contributed by atoms with Gasteiger partial charge in [0.25, 0.3) is 0 Å². The Bertz CT molecular complexity index is 710. The molecule has 1 aromatic rings. The Morgan fingerprint density at radius 1 is 1.04 bits per heavy atom. The molecule has 0 N–H and O–H groups in total. The molecule has 0 saturated carbocycles. The highest BCUT2D eigenvalue weighted by Crippen LogP contribution is 2.32. The van der Waals surface area contributed by atoms with Crippen molar-refractivity contribution in [2.24, 2.45) is 5.92 Å². The maximum absolute atomic E-state index is 12.9. The van der Waals surface area contributed by atoms with Crippen molar-refractivity contribution in [3.63, 3.8) is 0 Å². The van der Waals surface area contributed by atoms with Gasteiger partial charge in [-0.1, -0.05) is 0 Å². The SMILES string of the molecule is CCOC(=O)C1CCN(S(=O)(=O)c2ccc(OCC)c(OCC)c2)CC1. The molecule has 1 aromatic carbocycles. The number of hydrogen-bond donors (Lipinski definition) is 0. The molecular weight excluding hydrogens is 358 g/mol. The van der Waals surface area contributed by atoms with Gasteiger partial charge in [0.15, 0.2) is 11.5 Å². The van der Waals surface area contributed by atoms with Gasteiger partial charge in [-0.3, -0.25) is 4.79 Å². The fourth-order valence-corrected chi connectivity index (χ4v) is 4.42. The van der Waals surface area contributed by atoms with E-state index in [4.69, 9.17) is 14.2 Å². The number of ether oxygens (including phenoxy) is 3. The molecule has 0 atom stereocenters. The van der Waals surface area contributed by atoms with E-state index in [1.165, 1.54) is 16.4 Å². The van der Waals surface area contributed by atoms with E-state index >= 15 is 0 Å². The van der Waals surface area contributed by atoms with Crippen LogP contribution in [0.5, 0.6) is 11.5 Å². The average Bonchev–Trinajstić information content (AvgIpc) is 2.64. The summed E-state index contributed by atoms with van der Waals surface area (Å²) in [6.45, 7) is 7.25. The highest BCUT2D eigenvalue weighted by atomic mass is 32.2. The van der Waals surface area contributed by atoms with Crippen LogP contribution >= 0.6 is 0 Å². The first-order chi connectivity index (χ1) is 12.4. The molecule has 0 aromatic heterocycles. The van der Waals surface area contributed by atoms with Gasteiger partial charge in [0.05, 0.1) is 30.6 Å². The minimum Gasteiger partial charge on any atom is -0.490 e. The van der Waals surface area contributed by atoms with Crippen LogP contribution in [0.3, 0.4) is 0 Å². The maximum atomic E-state index is 12.9. The molecule has 2 rings (SSSR count). The molecule has 0 amide bonds. The van der Waals surface area contributed by atoms with Crippen molar-refractivity contribution in [1.82, 2.24) is 4.31 Å². The molecule has 0 radical (unpaired) electrons. The molecule has 0 aliphatic carbocycles. The molecule has 1 saturated heterocycles. The zero-order valence-corrected chi connectivity index (χ0v) is 16.4. The van der Waals surface area contributed by atoms with Crippen LogP contribution < -0.4 is 9.47 Å². The summed E-state index contributed by atoms with van der Waals surface area (Å²) in [5, 5.41) is 0. The lowest BCUT2D eigenvalue weighted by Crippen LogP contribution is -2.40. The second-order valence-corrected chi connectivity index (χ2v) is 7.84. The van der Waals surface area contributed by atoms with Crippen molar-refractivity contribution in [1.29, 1.82) is 0 Å². The molecule has 146 valence electrons. The van der Waals surface area contributed by atoms with Gasteiger partial charge in [0.1, 0.15) is 0 Å². The number of nitrogens with zero attached hydrogens (tertiary/aromatic N) is 1. The summed E-state index contributed by atoms with van der Waals surface area (Å²) in [6.07, 6.45) is 0.931. The van der Waals surface area contributed by atoms with E-state index in [2.05, 4.69) is 0 Å². The van der Waals surface area contributed by atoms with Crippen molar-refractivity contribution in [3.05, 3.63) is 18.2 Å². The van der Waals surface area contributed by atoms with Gasteiger partial charge in [-0.15, -0.1) is 0 Å². The monoisotopic (exact) mass is 385 g/mol. The zero-order valence-electron chi connectivity index (χ0n) is 15.6. The van der Waals surface area contributed by atoms with E-state index in [1.54, 1.807) is 13.0 Å². The van der Waals surface area contributed by atoms with Crippen molar-refractivity contribution in [2.75, 3.05) is 32.9 Å². The first-order valence-electron chi connectivity index (χ1n) is 9.00. The van der Waals surface area contributed by atoms with E-state index in [-0.39, 0.29) is 16.8 Å². The second-order valence-electron chi connectivity index (χ2n) is 5.90. The topological polar surface area (TPSA) is 82.1 Å². The molecule has 0 unspecified atom stereocenters. The number of sulfonamides is 1. The molecule has 8 heteroatoms. The summed E-state index contributed by atoms with van der Waals surface area (Å²) in [4.78, 5) is 12.0. The van der Waals surface area contributed by atoms with Crippen LogP contribution in [0.15, 0.2) is 23.1 Å². The first-order valence-corrected chi connectivity index (χ1v) is 10.4. The molecule has 1 heterocycles. The summed E-state index contributed by atoms with van der Waals surface area (Å²) in [5.74, 6) is 0.455. The largest absolute Gasteiger partial charge is 0.490 e. The number of carbonyl (C=O) groups is 1. The van der Waals surface area contributed by atoms with Gasteiger partial charge in [0.2, 0.25) is 10.0 Å². The Labute approximate surface area is 155 Å². The summed E-state index contributed by atoms with van der Waals surface area (Å²) >= 11 is 0. The Morgan fingerprint density at radius 3 is 2.23 bits per heavy atom. The fourth-order valence-electron chi connectivity index (χ4n) is 2.93. The third-order valence-electron chi connectivity index (χ3n) is 4.23. The highest BCUT2D eigenvalue weighted by molar-refractivity contribution is 7.89. The van der Waals surface area contributed by atoms with Gasteiger partial charge < -0.3 is 14.2 Å². The van der Waals surface area contributed by atoms with Gasteiger partial charge in [-0.05, 0) is 45.7 Å². The van der Waals surface area contributed by atoms with Crippen LogP contribution in [0.2, 0.25) is 0 Å². The molecule has 26 heavy (non-hydrogen) atoms. The van der Waals surface area contributed by atoms with E-state index in [0.29, 0.717) is 57.3 Å². The number of rotatable bonds is 8. The predicted molar refractivity (Wildman–Crippen MR) is 96.9 cm³/mol. The lowest BCUT2D eigenvalue weighted by molar-refractivity contribution is -0.149. The summed E-state index contributed by atoms with van der Waals surface area (Å²) < 4.78 is 43.3. The molecule has 0 bridgehead atoms. The molecule has 7 nitrogen and oxygen atoms in total. The third kappa shape index (κ3) is 4.67. The summed E-state index contributed by atoms with van der Waals surface area (Å²) in [5.41, 5.74) is 0. The maximum Gasteiger partial charge on any atom is 0.309 e. The molecule has 1 aliphatic rings. The summed E-state index contributed by atoms with van der Waals surface area (Å²) in [7, 11) is -3.65. The van der Waals surface area contributed by atoms with Crippen molar-refractivity contribution >= 4 is 16.0 Å². The minimum absolute atomic E-state index is 0.166. The van der Waals surface area contributed by atoms with Crippen molar-refractivity contribution in [2.45, 2.75) is 38.5 Å². The smallest absolute Gasteiger partial charge is 0.309 e. The number of piperidine rings is 1. The van der Waals surface area contributed by atoms with Gasteiger partial charge in [0, 0.05) is 19.2 Å². The van der Waals surface area contributed by atoms with E-state index < -0.39 is 10.0 Å². The van der Waals surface area contributed by atoms with Crippen LogP contribution in [0.1, 0.15) is 33.6 Å². The van der Waals surface area contributed by atoms with E-state index in [9.17, 15) is 13.2 Å². The standard InChI is InChI=1S/C18H27NO6S/c1-4-23-16-8-7-15(13-17(16)24-5-2)26(21,22)19-11-9-14(10-12-19)18(20)25-6-3/h7-8,13-14H,4-6,9-12H2,1-3H3. The number of carbonyl (C=O) groups excluding carboxylic acids is 1. The van der Waals surface area contributed by atoms with Gasteiger partial charge in [-0.2, -0.15) is 4.31 Å². The van der Waals surface area contributed by atoms with Crippen LogP contribution in [-0.4, -0.2) is 51.6 Å². The first kappa shape index (κ1) is 20.5. The number of benzene rings is 1. The van der Waals surface area contributed by atoms with Crippen molar-refractivity contribution < 1.29 is 27.4 Å². The molecule has 1 aliphatic heterocycles. The summed E-state index contributed by atoms with van der Waals surface area (Å²) in [6, 6.07) is 4.65. The average molecular weight is 385 g/mol. The minimum atomic E-state index is -3.65. The normalized spacial score (nSPS) is 16.3. The van der Waals surface area contributed by atoms with Crippen LogP contribution in [0, 0.1) is 5.92 Å². The Morgan fingerprint density at radius 2 is 1.65 bits per heavy atom. The molecule has 1 fully saturated rings. The lowest BCUT2D eigenvalue weighted by atomic mass is 9.98. The lowest BCUT2D eigenvalue weighted by Gasteiger charge is -2.30. The molecule has 0 spiro atoms. The quantitative estimate of drug-likeness (QED) is 0.639. The van der Waals surface area contributed by atoms with Gasteiger partial charge >= 0.3 is 5.97 Å². The Kier molecular flexibility index (Phi) is 7.28.